The van der Waals surface area contributed by atoms with Crippen LogP contribution < -0.4 is 4.72 Å². The van der Waals surface area contributed by atoms with E-state index in [1.165, 1.54) is 29.7 Å². The first-order valence-corrected chi connectivity index (χ1v) is 9.33. The molecule has 0 bridgehead atoms. The number of hydrogen-bond donors (Lipinski definition) is 2. The lowest BCUT2D eigenvalue weighted by Gasteiger charge is -2.09. The van der Waals surface area contributed by atoms with Crippen LogP contribution in [0.2, 0.25) is 5.02 Å². The zero-order valence-corrected chi connectivity index (χ0v) is 15.1. The van der Waals surface area contributed by atoms with Crippen LogP contribution in [0.25, 0.3) is 10.9 Å². The normalized spacial score (nSPS) is 11.7. The molecule has 0 amide bonds. The minimum Gasteiger partial charge on any atom is -0.480 e. The number of carbonyl (C=O) groups is 1. The van der Waals surface area contributed by atoms with Crippen molar-refractivity contribution in [2.45, 2.75) is 18.4 Å². The molecule has 0 aliphatic heterocycles. The van der Waals surface area contributed by atoms with E-state index in [0.29, 0.717) is 10.5 Å². The maximum Gasteiger partial charge on any atom is 0.323 e. The van der Waals surface area contributed by atoms with Gasteiger partial charge in [-0.25, -0.2) is 12.8 Å². The van der Waals surface area contributed by atoms with E-state index < -0.39 is 28.4 Å². The van der Waals surface area contributed by atoms with Crippen molar-refractivity contribution in [1.82, 2.24) is 4.57 Å². The van der Waals surface area contributed by atoms with Gasteiger partial charge in [-0.15, -0.1) is 0 Å². The van der Waals surface area contributed by atoms with Crippen molar-refractivity contribution in [3.8, 4) is 0 Å². The van der Waals surface area contributed by atoms with Crippen LogP contribution in [0.15, 0.2) is 47.4 Å². The van der Waals surface area contributed by atoms with E-state index in [4.69, 9.17) is 16.7 Å². The molecule has 0 fully saturated rings. The van der Waals surface area contributed by atoms with Crippen LogP contribution in [0, 0.1) is 12.7 Å². The molecule has 0 atom stereocenters. The monoisotopic (exact) mass is 396 g/mol. The van der Waals surface area contributed by atoms with E-state index in [-0.39, 0.29) is 21.7 Å². The molecule has 0 spiro atoms. The van der Waals surface area contributed by atoms with Crippen molar-refractivity contribution in [1.29, 1.82) is 0 Å². The summed E-state index contributed by atoms with van der Waals surface area (Å²) in [6.07, 6.45) is 0. The first-order valence-electron chi connectivity index (χ1n) is 7.47. The van der Waals surface area contributed by atoms with E-state index in [9.17, 15) is 17.6 Å². The minimum absolute atomic E-state index is 0.110. The number of aromatic nitrogens is 1. The number of fused-ring (bicyclic) bond motifs is 1. The molecule has 0 saturated heterocycles. The second-order valence-electron chi connectivity index (χ2n) is 5.67. The highest BCUT2D eigenvalue weighted by molar-refractivity contribution is 7.93. The second kappa shape index (κ2) is 6.62. The Kier molecular flexibility index (Phi) is 4.64. The summed E-state index contributed by atoms with van der Waals surface area (Å²) in [5, 5.41) is 9.57. The molecule has 6 nitrogen and oxygen atoms in total. The van der Waals surface area contributed by atoms with Gasteiger partial charge in [-0.2, -0.15) is 0 Å². The van der Waals surface area contributed by atoms with Crippen molar-refractivity contribution in [3.05, 3.63) is 59.0 Å². The maximum atomic E-state index is 13.7. The third kappa shape index (κ3) is 3.38. The summed E-state index contributed by atoms with van der Waals surface area (Å²) < 4.78 is 43.3. The van der Waals surface area contributed by atoms with Gasteiger partial charge in [0, 0.05) is 16.1 Å². The number of carboxylic acids is 1. The Labute approximate surface area is 153 Å². The van der Waals surface area contributed by atoms with Gasteiger partial charge < -0.3 is 9.67 Å². The van der Waals surface area contributed by atoms with E-state index >= 15 is 0 Å². The number of benzene rings is 2. The van der Waals surface area contributed by atoms with Crippen molar-refractivity contribution in [2.75, 3.05) is 4.72 Å². The van der Waals surface area contributed by atoms with Crippen molar-refractivity contribution >= 4 is 44.2 Å². The summed E-state index contributed by atoms with van der Waals surface area (Å²) in [5.74, 6) is -1.76. The fraction of sp³-hybridized carbons (Fsp3) is 0.118. The van der Waals surface area contributed by atoms with Crippen LogP contribution >= 0.6 is 11.6 Å². The molecule has 2 aromatic carbocycles. The molecule has 26 heavy (non-hydrogen) atoms. The van der Waals surface area contributed by atoms with Crippen LogP contribution in [0.1, 0.15) is 5.69 Å². The highest BCUT2D eigenvalue weighted by Crippen LogP contribution is 2.32. The fourth-order valence-electron chi connectivity index (χ4n) is 2.86. The van der Waals surface area contributed by atoms with Crippen molar-refractivity contribution < 1.29 is 22.7 Å². The predicted octanol–water partition coefficient (Wildman–Crippen LogP) is 3.63. The average Bonchev–Trinajstić information content (AvgIpc) is 2.78. The van der Waals surface area contributed by atoms with Crippen LogP contribution in [-0.2, 0) is 21.4 Å². The van der Waals surface area contributed by atoms with Crippen molar-refractivity contribution in [3.63, 3.8) is 0 Å². The Morgan fingerprint density at radius 3 is 2.65 bits per heavy atom. The number of nitrogens with zero attached hydrogens (tertiary/aromatic N) is 1. The van der Waals surface area contributed by atoms with Crippen LogP contribution in [0.4, 0.5) is 10.1 Å². The van der Waals surface area contributed by atoms with Crippen LogP contribution in [0.3, 0.4) is 0 Å². The number of rotatable bonds is 5. The molecule has 0 saturated carbocycles. The zero-order chi connectivity index (χ0) is 19.1. The number of anilines is 1. The number of hydrogen-bond acceptors (Lipinski definition) is 3. The zero-order valence-electron chi connectivity index (χ0n) is 13.5. The van der Waals surface area contributed by atoms with Crippen LogP contribution in [0.5, 0.6) is 0 Å². The molecule has 0 radical (unpaired) electrons. The van der Waals surface area contributed by atoms with Gasteiger partial charge in [0.05, 0.1) is 11.2 Å². The van der Waals surface area contributed by atoms with Gasteiger partial charge in [-0.05, 0) is 43.3 Å². The molecule has 0 aliphatic rings. The highest BCUT2D eigenvalue weighted by atomic mass is 35.5. The van der Waals surface area contributed by atoms with Crippen molar-refractivity contribution in [2.24, 2.45) is 0 Å². The van der Waals surface area contributed by atoms with Gasteiger partial charge in [0.1, 0.15) is 17.3 Å². The molecule has 0 aliphatic carbocycles. The Balaban J connectivity index is 2.21. The van der Waals surface area contributed by atoms with Gasteiger partial charge in [0.15, 0.2) is 0 Å². The molecule has 136 valence electrons. The first kappa shape index (κ1) is 18.2. The standard InChI is InChI=1S/C17H14ClFN2O4S/c1-10-17(26(24,25)20-13-4-2-3-11(18)7-13)14-8-12(19)5-6-15(14)21(10)9-16(22)23/h2-8,20H,9H2,1H3,(H,22,23). The Morgan fingerprint density at radius 1 is 1.27 bits per heavy atom. The molecule has 0 unspecified atom stereocenters. The summed E-state index contributed by atoms with van der Waals surface area (Å²) in [7, 11) is -4.11. The Bertz CT molecular complexity index is 1130. The quantitative estimate of drug-likeness (QED) is 0.689. The maximum absolute atomic E-state index is 13.7. The molecular formula is C17H14ClFN2O4S. The SMILES string of the molecule is Cc1c(S(=O)(=O)Nc2cccc(Cl)c2)c2cc(F)ccc2n1CC(=O)O. The number of aliphatic carboxylic acids is 1. The highest BCUT2D eigenvalue weighted by Gasteiger charge is 2.26. The fourth-order valence-corrected chi connectivity index (χ4v) is 4.54. The third-order valence-electron chi connectivity index (χ3n) is 3.87. The summed E-state index contributed by atoms with van der Waals surface area (Å²) >= 11 is 5.87. The lowest BCUT2D eigenvalue weighted by atomic mass is 10.2. The minimum atomic E-state index is -4.11. The van der Waals surface area contributed by atoms with E-state index in [1.54, 1.807) is 12.1 Å². The largest absolute Gasteiger partial charge is 0.480 e. The second-order valence-corrected chi connectivity index (χ2v) is 7.73. The third-order valence-corrected chi connectivity index (χ3v) is 5.66. The van der Waals surface area contributed by atoms with Gasteiger partial charge in [-0.3, -0.25) is 9.52 Å². The van der Waals surface area contributed by atoms with Gasteiger partial charge in [0.25, 0.3) is 10.0 Å². The van der Waals surface area contributed by atoms with Gasteiger partial charge >= 0.3 is 5.97 Å². The number of halogens is 2. The van der Waals surface area contributed by atoms with E-state index in [1.807, 2.05) is 0 Å². The molecule has 9 heteroatoms. The molecule has 1 heterocycles. The molecule has 2 N–H and O–H groups in total. The molecular weight excluding hydrogens is 383 g/mol. The summed E-state index contributed by atoms with van der Waals surface area (Å²) in [6.45, 7) is 1.04. The number of nitrogens with one attached hydrogen (secondary N) is 1. The van der Waals surface area contributed by atoms with E-state index in [0.717, 1.165) is 12.1 Å². The molecule has 3 rings (SSSR count). The Morgan fingerprint density at radius 2 is 2.00 bits per heavy atom. The summed E-state index contributed by atoms with van der Waals surface area (Å²) in [4.78, 5) is 11.0. The summed E-state index contributed by atoms with van der Waals surface area (Å²) in [5.41, 5.74) is 0.757. The molecule has 1 aromatic heterocycles. The van der Waals surface area contributed by atoms with Crippen LogP contribution in [-0.4, -0.2) is 24.1 Å². The van der Waals surface area contributed by atoms with Gasteiger partial charge in [0.2, 0.25) is 0 Å². The smallest absolute Gasteiger partial charge is 0.323 e. The Hall–Kier alpha value is -2.58. The van der Waals surface area contributed by atoms with Gasteiger partial charge in [-0.1, -0.05) is 17.7 Å². The predicted molar refractivity (Wildman–Crippen MR) is 96.5 cm³/mol. The topological polar surface area (TPSA) is 88.4 Å². The number of sulfonamides is 1. The van der Waals surface area contributed by atoms with E-state index in [2.05, 4.69) is 4.72 Å². The summed E-state index contributed by atoms with van der Waals surface area (Å²) in [6, 6.07) is 9.73. The molecule has 3 aromatic rings. The lowest BCUT2D eigenvalue weighted by molar-refractivity contribution is -0.137. The average molecular weight is 397 g/mol. The lowest BCUT2D eigenvalue weighted by Crippen LogP contribution is -2.15. The number of carboxylic acid groups (broad SMARTS) is 1. The first-order chi connectivity index (χ1) is 12.2.